The van der Waals surface area contributed by atoms with E-state index < -0.39 is 5.97 Å². The molecule has 0 fully saturated rings. The fourth-order valence-corrected chi connectivity index (χ4v) is 4.76. The molecule has 0 aliphatic heterocycles. The number of hydrogen-bond acceptors (Lipinski definition) is 3. The number of hydrogen-bond donors (Lipinski definition) is 1. The molecule has 0 aromatic heterocycles. The van der Waals surface area contributed by atoms with E-state index in [9.17, 15) is 4.79 Å². The van der Waals surface area contributed by atoms with Crippen LogP contribution >= 0.6 is 0 Å². The van der Waals surface area contributed by atoms with Crippen molar-refractivity contribution in [1.29, 1.82) is 0 Å². The smallest absolute Gasteiger partial charge is 0.307 e. The van der Waals surface area contributed by atoms with Crippen molar-refractivity contribution < 1.29 is 14.6 Å². The number of rotatable bonds is 8. The van der Waals surface area contributed by atoms with Gasteiger partial charge >= 0.3 is 5.97 Å². The molecule has 1 aliphatic rings. The molecule has 4 rings (SSSR count). The zero-order valence-electron chi connectivity index (χ0n) is 18.9. The minimum Gasteiger partial charge on any atom is -0.497 e. The molecular formula is C28H31NO3. The first kappa shape index (κ1) is 21.9. The number of anilines is 1. The molecule has 0 saturated heterocycles. The van der Waals surface area contributed by atoms with Crippen molar-refractivity contribution in [2.24, 2.45) is 0 Å². The first-order valence-electron chi connectivity index (χ1n) is 11.4. The van der Waals surface area contributed by atoms with Crippen LogP contribution in [0.5, 0.6) is 5.75 Å². The van der Waals surface area contributed by atoms with Gasteiger partial charge in [0.2, 0.25) is 0 Å². The minimum absolute atomic E-state index is 0.0565. The van der Waals surface area contributed by atoms with Gasteiger partial charge in [-0.3, -0.25) is 4.79 Å². The predicted octanol–water partition coefficient (Wildman–Crippen LogP) is 5.62. The van der Waals surface area contributed by atoms with Crippen LogP contribution in [0.25, 0.3) is 0 Å². The average molecular weight is 430 g/mol. The van der Waals surface area contributed by atoms with Crippen LogP contribution in [-0.4, -0.2) is 24.7 Å². The van der Waals surface area contributed by atoms with Crippen LogP contribution < -0.4 is 9.64 Å². The van der Waals surface area contributed by atoms with E-state index >= 15 is 0 Å². The van der Waals surface area contributed by atoms with Crippen LogP contribution in [0.4, 0.5) is 5.69 Å². The molecule has 0 amide bonds. The predicted molar refractivity (Wildman–Crippen MR) is 129 cm³/mol. The Labute approximate surface area is 190 Å². The minimum atomic E-state index is -0.803. The van der Waals surface area contributed by atoms with Crippen LogP contribution in [0, 0.1) is 0 Å². The number of carboxylic acid groups (broad SMARTS) is 1. The molecule has 0 spiro atoms. The fourth-order valence-electron chi connectivity index (χ4n) is 4.76. The third kappa shape index (κ3) is 4.96. The Morgan fingerprint density at radius 2 is 1.75 bits per heavy atom. The quantitative estimate of drug-likeness (QED) is 0.505. The summed E-state index contributed by atoms with van der Waals surface area (Å²) in [7, 11) is 1.72. The Morgan fingerprint density at radius 3 is 2.44 bits per heavy atom. The number of methoxy groups -OCH3 is 1. The van der Waals surface area contributed by atoms with E-state index in [0.29, 0.717) is 5.92 Å². The molecule has 0 saturated carbocycles. The number of carboxylic acids is 1. The van der Waals surface area contributed by atoms with E-state index in [1.54, 1.807) is 7.11 Å². The largest absolute Gasteiger partial charge is 0.497 e. The molecule has 1 aliphatic carbocycles. The van der Waals surface area contributed by atoms with Gasteiger partial charge in [-0.25, -0.2) is 0 Å². The summed E-state index contributed by atoms with van der Waals surface area (Å²) >= 11 is 0. The van der Waals surface area contributed by atoms with Crippen molar-refractivity contribution in [2.45, 2.75) is 45.1 Å². The van der Waals surface area contributed by atoms with Gasteiger partial charge in [0.05, 0.1) is 13.5 Å². The summed E-state index contributed by atoms with van der Waals surface area (Å²) in [5.74, 6) is 0.552. The highest BCUT2D eigenvalue weighted by Crippen LogP contribution is 2.39. The van der Waals surface area contributed by atoms with Crippen LogP contribution in [-0.2, 0) is 30.6 Å². The van der Waals surface area contributed by atoms with Gasteiger partial charge in [0.1, 0.15) is 5.75 Å². The molecule has 0 bridgehead atoms. The molecule has 1 N–H and O–H groups in total. The van der Waals surface area contributed by atoms with Crippen LogP contribution in [0.15, 0.2) is 66.7 Å². The van der Waals surface area contributed by atoms with Gasteiger partial charge in [0.25, 0.3) is 0 Å². The van der Waals surface area contributed by atoms with E-state index in [-0.39, 0.29) is 6.42 Å². The summed E-state index contributed by atoms with van der Waals surface area (Å²) in [5, 5.41) is 9.01. The zero-order valence-corrected chi connectivity index (χ0v) is 18.9. The Morgan fingerprint density at radius 1 is 1.03 bits per heavy atom. The first-order chi connectivity index (χ1) is 15.6. The van der Waals surface area contributed by atoms with Gasteiger partial charge in [-0.2, -0.15) is 0 Å². The van der Waals surface area contributed by atoms with E-state index in [4.69, 9.17) is 9.84 Å². The average Bonchev–Trinajstić information content (AvgIpc) is 2.82. The maximum atomic E-state index is 11.0. The topological polar surface area (TPSA) is 49.8 Å². The Hall–Kier alpha value is -3.27. The molecule has 0 radical (unpaired) electrons. The molecule has 0 heterocycles. The second-order valence-corrected chi connectivity index (χ2v) is 8.53. The molecule has 3 aromatic carbocycles. The number of carbonyl (C=O) groups is 1. The highest BCUT2D eigenvalue weighted by atomic mass is 16.5. The number of aryl methyl sites for hydroxylation is 1. The lowest BCUT2D eigenvalue weighted by Gasteiger charge is -2.32. The highest BCUT2D eigenvalue weighted by molar-refractivity contribution is 5.70. The lowest BCUT2D eigenvalue weighted by atomic mass is 9.79. The van der Waals surface area contributed by atoms with Crippen molar-refractivity contribution >= 4 is 11.7 Å². The second-order valence-electron chi connectivity index (χ2n) is 8.53. The summed E-state index contributed by atoms with van der Waals surface area (Å²) in [4.78, 5) is 13.4. The maximum absolute atomic E-state index is 11.0. The summed E-state index contributed by atoms with van der Waals surface area (Å²) in [5.41, 5.74) is 7.54. The number of fused-ring (bicyclic) bond motifs is 1. The molecule has 0 unspecified atom stereocenters. The van der Waals surface area contributed by atoms with Gasteiger partial charge in [-0.05, 0) is 66.0 Å². The summed E-state index contributed by atoms with van der Waals surface area (Å²) in [6.45, 7) is 3.83. The second kappa shape index (κ2) is 9.90. The van der Waals surface area contributed by atoms with Crippen molar-refractivity contribution in [3.05, 3.63) is 94.5 Å². The maximum Gasteiger partial charge on any atom is 0.307 e. The summed E-state index contributed by atoms with van der Waals surface area (Å²) in [6, 6.07) is 23.2. The number of aliphatic carboxylic acids is 1. The summed E-state index contributed by atoms with van der Waals surface area (Å²) in [6.07, 6.45) is 3.39. The molecule has 4 nitrogen and oxygen atoms in total. The van der Waals surface area contributed by atoms with Gasteiger partial charge in [0, 0.05) is 24.8 Å². The highest BCUT2D eigenvalue weighted by Gasteiger charge is 2.24. The molecule has 4 heteroatoms. The molecule has 166 valence electrons. The van der Waals surface area contributed by atoms with Crippen molar-refractivity contribution in [3.63, 3.8) is 0 Å². The monoisotopic (exact) mass is 429 g/mol. The normalized spacial score (nSPS) is 15.1. The van der Waals surface area contributed by atoms with Crippen molar-refractivity contribution in [1.82, 2.24) is 0 Å². The van der Waals surface area contributed by atoms with Crippen LogP contribution in [0.3, 0.4) is 0 Å². The molecular weight excluding hydrogens is 398 g/mol. The Bertz CT molecular complexity index is 1070. The molecule has 32 heavy (non-hydrogen) atoms. The van der Waals surface area contributed by atoms with Gasteiger partial charge in [-0.15, -0.1) is 0 Å². The van der Waals surface area contributed by atoms with E-state index in [1.165, 1.54) is 27.9 Å². The van der Waals surface area contributed by atoms with Crippen LogP contribution in [0.2, 0.25) is 0 Å². The van der Waals surface area contributed by atoms with E-state index in [2.05, 4.69) is 54.3 Å². The van der Waals surface area contributed by atoms with Gasteiger partial charge in [0.15, 0.2) is 0 Å². The third-order valence-electron chi connectivity index (χ3n) is 6.50. The van der Waals surface area contributed by atoms with Crippen LogP contribution in [0.1, 0.15) is 47.1 Å². The molecule has 3 aromatic rings. The van der Waals surface area contributed by atoms with Gasteiger partial charge < -0.3 is 14.7 Å². The summed E-state index contributed by atoms with van der Waals surface area (Å²) < 4.78 is 5.57. The van der Waals surface area contributed by atoms with E-state index in [1.807, 2.05) is 24.3 Å². The number of benzene rings is 3. The lowest BCUT2D eigenvalue weighted by Crippen LogP contribution is -2.25. The number of ether oxygens (including phenoxy) is 1. The van der Waals surface area contributed by atoms with E-state index in [0.717, 1.165) is 43.7 Å². The van der Waals surface area contributed by atoms with Crippen molar-refractivity contribution in [2.75, 3.05) is 18.6 Å². The lowest BCUT2D eigenvalue weighted by molar-refractivity contribution is -0.136. The molecule has 1 atom stereocenters. The van der Waals surface area contributed by atoms with Crippen molar-refractivity contribution in [3.8, 4) is 5.75 Å². The SMILES string of the molecule is CCN(Cc1ccc(CC(=O)O)cc1)c1cc(OC)ccc1[C@H]1CCc2ccccc2C1. The third-order valence-corrected chi connectivity index (χ3v) is 6.50. The first-order valence-corrected chi connectivity index (χ1v) is 11.4. The Balaban J connectivity index is 1.61. The zero-order chi connectivity index (χ0) is 22.5. The standard InChI is InChI=1S/C28H31NO3/c1-3-29(19-21-10-8-20(9-11-21)16-28(30)31)27-18-25(32-2)14-15-26(27)24-13-12-22-6-4-5-7-23(22)17-24/h4-11,14-15,18,24H,3,12-13,16-17,19H2,1-2H3,(H,30,31)/t24-/m0/s1. The number of nitrogens with zero attached hydrogens (tertiary/aromatic N) is 1. The van der Waals surface area contributed by atoms with Gasteiger partial charge in [-0.1, -0.05) is 54.6 Å². The Kier molecular flexibility index (Phi) is 6.79. The fraction of sp³-hybridized carbons (Fsp3) is 0.321.